The van der Waals surface area contributed by atoms with Gasteiger partial charge in [0.15, 0.2) is 6.10 Å². The number of carbonyl (C=O) groups excluding carboxylic acids is 1. The number of hydrogen-bond acceptors (Lipinski definition) is 2. The lowest BCUT2D eigenvalue weighted by atomic mass is 10.1. The summed E-state index contributed by atoms with van der Waals surface area (Å²) in [6, 6.07) is 0. The Bertz CT molecular complexity index is 241. The molecule has 0 bridgehead atoms. The number of amides is 1. The van der Waals surface area contributed by atoms with Crippen molar-refractivity contribution in [2.75, 3.05) is 0 Å². The van der Waals surface area contributed by atoms with E-state index in [1.807, 2.05) is 6.92 Å². The molecule has 6 heteroatoms. The predicted octanol–water partition coefficient (Wildman–Crippen LogP) is 2.39. The van der Waals surface area contributed by atoms with Crippen LogP contribution in [0.25, 0.3) is 0 Å². The molecule has 0 aromatic heterocycles. The molecular weight excluding hydrogens is 248 g/mol. The summed E-state index contributed by atoms with van der Waals surface area (Å²) in [7, 11) is 0. The molecule has 0 aromatic rings. The van der Waals surface area contributed by atoms with E-state index in [-0.39, 0.29) is 5.91 Å². The summed E-state index contributed by atoms with van der Waals surface area (Å²) in [4.78, 5) is 11.4. The number of alkyl halides is 3. The third-order valence-corrected chi connectivity index (χ3v) is 2.62. The molecule has 3 nitrogen and oxygen atoms in total. The second-order valence-electron chi connectivity index (χ2n) is 3.51. The van der Waals surface area contributed by atoms with Crippen molar-refractivity contribution in [1.82, 2.24) is 5.32 Å². The van der Waals surface area contributed by atoms with Crippen LogP contribution >= 0.6 is 34.8 Å². The molecule has 1 aliphatic rings. The van der Waals surface area contributed by atoms with Gasteiger partial charge in [0.2, 0.25) is 3.79 Å². The maximum atomic E-state index is 11.4. The zero-order valence-corrected chi connectivity index (χ0v) is 10.2. The number of hydrogen-bond donors (Lipinski definition) is 1. The topological polar surface area (TPSA) is 38.3 Å². The second kappa shape index (κ2) is 4.05. The molecule has 0 spiro atoms. The van der Waals surface area contributed by atoms with Crippen LogP contribution in [0.2, 0.25) is 0 Å². The van der Waals surface area contributed by atoms with E-state index in [4.69, 9.17) is 39.5 Å². The van der Waals surface area contributed by atoms with Crippen molar-refractivity contribution in [3.63, 3.8) is 0 Å². The van der Waals surface area contributed by atoms with Gasteiger partial charge in [-0.3, -0.25) is 4.79 Å². The van der Waals surface area contributed by atoms with Crippen LogP contribution in [0.3, 0.4) is 0 Å². The highest BCUT2D eigenvalue weighted by Crippen LogP contribution is 2.38. The average molecular weight is 261 g/mol. The fraction of sp³-hybridized carbons (Fsp3) is 0.875. The standard InChI is InChI=1S/C8H12Cl3NO2/c1-3-4-7(2)12-6(13)5(14-7)8(9,10)11/h5H,3-4H2,1-2H3,(H,12,13)/t5-,7-/m1/s1. The quantitative estimate of drug-likeness (QED) is 0.774. The lowest BCUT2D eigenvalue weighted by Crippen LogP contribution is -2.39. The molecule has 82 valence electrons. The van der Waals surface area contributed by atoms with E-state index >= 15 is 0 Å². The fourth-order valence-corrected chi connectivity index (χ4v) is 1.91. The van der Waals surface area contributed by atoms with Gasteiger partial charge >= 0.3 is 0 Å². The SMILES string of the molecule is CCC[C@]1(C)NC(=O)[C@H](C(Cl)(Cl)Cl)O1. The van der Waals surface area contributed by atoms with E-state index in [0.717, 1.165) is 6.42 Å². The first kappa shape index (κ1) is 12.4. The maximum Gasteiger partial charge on any atom is 0.255 e. The molecule has 1 saturated heterocycles. The van der Waals surface area contributed by atoms with Gasteiger partial charge in [0.05, 0.1) is 0 Å². The third kappa shape index (κ3) is 2.66. The van der Waals surface area contributed by atoms with Crippen molar-refractivity contribution < 1.29 is 9.53 Å². The molecule has 1 N–H and O–H groups in total. The summed E-state index contributed by atoms with van der Waals surface area (Å²) in [5.41, 5.74) is -0.708. The van der Waals surface area contributed by atoms with E-state index < -0.39 is 15.6 Å². The van der Waals surface area contributed by atoms with Crippen LogP contribution in [-0.4, -0.2) is 21.5 Å². The van der Waals surface area contributed by atoms with Gasteiger partial charge in [0.1, 0.15) is 5.72 Å². The van der Waals surface area contributed by atoms with Crippen LogP contribution in [0.5, 0.6) is 0 Å². The Hall–Kier alpha value is 0.300. The van der Waals surface area contributed by atoms with Crippen molar-refractivity contribution in [2.45, 2.75) is 42.3 Å². The van der Waals surface area contributed by atoms with Crippen molar-refractivity contribution in [3.05, 3.63) is 0 Å². The van der Waals surface area contributed by atoms with Crippen molar-refractivity contribution in [3.8, 4) is 0 Å². The Labute approximate surface area is 98.0 Å². The van der Waals surface area contributed by atoms with Crippen molar-refractivity contribution in [1.29, 1.82) is 0 Å². The predicted molar refractivity (Wildman–Crippen MR) is 56.6 cm³/mol. The first-order chi connectivity index (χ1) is 6.28. The Morgan fingerprint density at radius 1 is 1.57 bits per heavy atom. The molecule has 1 rings (SSSR count). The van der Waals surface area contributed by atoms with E-state index in [9.17, 15) is 4.79 Å². The molecule has 0 aliphatic carbocycles. The van der Waals surface area contributed by atoms with E-state index in [1.54, 1.807) is 6.92 Å². The van der Waals surface area contributed by atoms with Crippen molar-refractivity contribution >= 4 is 40.7 Å². The number of carbonyl (C=O) groups is 1. The normalized spacial score (nSPS) is 33.2. The van der Waals surface area contributed by atoms with Gasteiger partial charge in [-0.05, 0) is 13.3 Å². The van der Waals surface area contributed by atoms with Gasteiger partial charge < -0.3 is 10.1 Å². The number of nitrogens with one attached hydrogen (secondary N) is 1. The van der Waals surface area contributed by atoms with E-state index in [1.165, 1.54) is 0 Å². The van der Waals surface area contributed by atoms with E-state index in [2.05, 4.69) is 5.32 Å². The van der Waals surface area contributed by atoms with Gasteiger partial charge in [0, 0.05) is 0 Å². The van der Waals surface area contributed by atoms with Crippen LogP contribution in [0.1, 0.15) is 26.7 Å². The number of rotatable bonds is 2. The van der Waals surface area contributed by atoms with Gasteiger partial charge in [-0.15, -0.1) is 0 Å². The largest absolute Gasteiger partial charge is 0.338 e. The second-order valence-corrected chi connectivity index (χ2v) is 5.88. The van der Waals surface area contributed by atoms with Crippen LogP contribution in [0.4, 0.5) is 0 Å². The monoisotopic (exact) mass is 259 g/mol. The first-order valence-corrected chi connectivity index (χ1v) is 5.48. The van der Waals surface area contributed by atoms with Gasteiger partial charge in [-0.25, -0.2) is 0 Å². The van der Waals surface area contributed by atoms with Crippen LogP contribution < -0.4 is 5.32 Å². The Balaban J connectivity index is 2.74. The molecule has 1 aliphatic heterocycles. The highest BCUT2D eigenvalue weighted by atomic mass is 35.6. The summed E-state index contributed by atoms with van der Waals surface area (Å²) < 4.78 is 3.70. The minimum Gasteiger partial charge on any atom is -0.338 e. The van der Waals surface area contributed by atoms with Gasteiger partial charge in [0.25, 0.3) is 5.91 Å². The Morgan fingerprint density at radius 3 is 2.50 bits per heavy atom. The first-order valence-electron chi connectivity index (χ1n) is 4.35. The minimum atomic E-state index is -1.71. The van der Waals surface area contributed by atoms with Crippen LogP contribution in [0.15, 0.2) is 0 Å². The lowest BCUT2D eigenvalue weighted by Gasteiger charge is -2.24. The smallest absolute Gasteiger partial charge is 0.255 e. The summed E-state index contributed by atoms with van der Waals surface area (Å²) >= 11 is 16.8. The zero-order chi connectivity index (χ0) is 11.0. The maximum absolute atomic E-state index is 11.4. The molecule has 0 unspecified atom stereocenters. The summed E-state index contributed by atoms with van der Waals surface area (Å²) in [6.07, 6.45) is 0.545. The van der Waals surface area contributed by atoms with Crippen LogP contribution in [0, 0.1) is 0 Å². The summed E-state index contributed by atoms with van der Waals surface area (Å²) in [5.74, 6) is -0.374. The Kier molecular flexibility index (Phi) is 3.58. The van der Waals surface area contributed by atoms with Gasteiger partial charge in [-0.2, -0.15) is 0 Å². The summed E-state index contributed by atoms with van der Waals surface area (Å²) in [6.45, 7) is 3.76. The molecule has 1 fully saturated rings. The van der Waals surface area contributed by atoms with E-state index in [0.29, 0.717) is 6.42 Å². The van der Waals surface area contributed by atoms with Crippen molar-refractivity contribution in [2.24, 2.45) is 0 Å². The lowest BCUT2D eigenvalue weighted by molar-refractivity contribution is -0.123. The van der Waals surface area contributed by atoms with Crippen LogP contribution in [-0.2, 0) is 9.53 Å². The van der Waals surface area contributed by atoms with Gasteiger partial charge in [-0.1, -0.05) is 48.1 Å². The fourth-order valence-electron chi connectivity index (χ4n) is 1.48. The molecule has 2 atom stereocenters. The molecule has 0 radical (unpaired) electrons. The molecule has 14 heavy (non-hydrogen) atoms. The summed E-state index contributed by atoms with van der Waals surface area (Å²) in [5, 5.41) is 2.67. The molecule has 0 saturated carbocycles. The Morgan fingerprint density at radius 2 is 2.14 bits per heavy atom. The molecule has 1 heterocycles. The number of ether oxygens (including phenoxy) is 1. The molecule has 1 amide bonds. The minimum absolute atomic E-state index is 0.374. The average Bonchev–Trinajstić information content (AvgIpc) is 2.26. The highest BCUT2D eigenvalue weighted by Gasteiger charge is 2.50. The number of halogens is 3. The highest BCUT2D eigenvalue weighted by molar-refractivity contribution is 6.68. The molecular formula is C8H12Cl3NO2. The molecule has 0 aromatic carbocycles. The zero-order valence-electron chi connectivity index (χ0n) is 7.94. The third-order valence-electron chi connectivity index (χ3n) is 2.03.